The molecule has 1 aliphatic carbocycles. The summed E-state index contributed by atoms with van der Waals surface area (Å²) in [7, 11) is 3.09. The molecule has 21 heavy (non-hydrogen) atoms. The molecule has 0 saturated heterocycles. The van der Waals surface area contributed by atoms with Gasteiger partial charge in [-0.2, -0.15) is 0 Å². The van der Waals surface area contributed by atoms with E-state index in [-0.39, 0.29) is 17.8 Å². The van der Waals surface area contributed by atoms with Gasteiger partial charge in [-0.1, -0.05) is 19.1 Å². The van der Waals surface area contributed by atoms with Crippen LogP contribution in [0.1, 0.15) is 25.3 Å². The third-order valence-corrected chi connectivity index (χ3v) is 4.12. The fourth-order valence-corrected chi connectivity index (χ4v) is 2.69. The van der Waals surface area contributed by atoms with Gasteiger partial charge in [0, 0.05) is 19.3 Å². The number of carbonyl (C=O) groups is 2. The van der Waals surface area contributed by atoms with Crippen LogP contribution in [0.25, 0.3) is 0 Å². The van der Waals surface area contributed by atoms with E-state index in [4.69, 9.17) is 10.5 Å². The molecule has 0 spiro atoms. The highest BCUT2D eigenvalue weighted by Crippen LogP contribution is 2.49. The summed E-state index contributed by atoms with van der Waals surface area (Å²) in [6.45, 7) is 2.13. The minimum atomic E-state index is -0.432. The molecule has 0 radical (unpaired) electrons. The first kappa shape index (κ1) is 15.4. The van der Waals surface area contributed by atoms with Gasteiger partial charge in [0.05, 0.1) is 18.4 Å². The predicted octanol–water partition coefficient (Wildman–Crippen LogP) is 1.57. The average molecular weight is 290 g/mol. The quantitative estimate of drug-likeness (QED) is 0.660. The number of nitrogens with two attached hydrogens (primary N) is 1. The molecular formula is C16H22N2O3. The van der Waals surface area contributed by atoms with E-state index in [1.54, 1.807) is 18.9 Å². The Hall–Kier alpha value is -2.04. The van der Waals surface area contributed by atoms with Gasteiger partial charge in [-0.15, -0.1) is 0 Å². The van der Waals surface area contributed by atoms with E-state index in [0.29, 0.717) is 12.2 Å². The lowest BCUT2D eigenvalue weighted by Gasteiger charge is -2.25. The first-order chi connectivity index (χ1) is 9.90. The molecule has 1 fully saturated rings. The highest BCUT2D eigenvalue weighted by molar-refractivity contribution is 5.91. The van der Waals surface area contributed by atoms with Crippen LogP contribution in [0.3, 0.4) is 0 Å². The maximum absolute atomic E-state index is 12.7. The van der Waals surface area contributed by atoms with Crippen LogP contribution >= 0.6 is 0 Å². The minimum Gasteiger partial charge on any atom is -0.469 e. The van der Waals surface area contributed by atoms with Crippen molar-refractivity contribution in [3.05, 3.63) is 29.8 Å². The van der Waals surface area contributed by atoms with Crippen molar-refractivity contribution >= 4 is 17.6 Å². The van der Waals surface area contributed by atoms with Gasteiger partial charge in [0.2, 0.25) is 5.91 Å². The standard InChI is InChI=1S/C16H22N2O3/c1-11(14(19)21-3)10-18(2)15(20)16(8-9-16)12-4-6-13(17)7-5-12/h4-7,11H,8-10,17H2,1-3H3. The van der Waals surface area contributed by atoms with Crippen molar-refractivity contribution in [1.82, 2.24) is 4.90 Å². The smallest absolute Gasteiger partial charge is 0.310 e. The Bertz CT molecular complexity index is 535. The molecule has 1 unspecified atom stereocenters. The van der Waals surface area contributed by atoms with Crippen LogP contribution < -0.4 is 5.73 Å². The Labute approximate surface area is 125 Å². The first-order valence-electron chi connectivity index (χ1n) is 7.10. The fraction of sp³-hybridized carbons (Fsp3) is 0.500. The van der Waals surface area contributed by atoms with Crippen LogP contribution in [0, 0.1) is 5.92 Å². The number of methoxy groups -OCH3 is 1. The second kappa shape index (κ2) is 5.76. The van der Waals surface area contributed by atoms with Crippen LogP contribution in [0.4, 0.5) is 5.69 Å². The van der Waals surface area contributed by atoms with Crippen LogP contribution in [0.15, 0.2) is 24.3 Å². The number of hydrogen-bond acceptors (Lipinski definition) is 4. The van der Waals surface area contributed by atoms with Gasteiger partial charge < -0.3 is 15.4 Å². The molecular weight excluding hydrogens is 268 g/mol. The molecule has 114 valence electrons. The van der Waals surface area contributed by atoms with Crippen molar-refractivity contribution in [2.75, 3.05) is 26.4 Å². The summed E-state index contributed by atoms with van der Waals surface area (Å²) in [5.74, 6) is -0.568. The number of esters is 1. The number of hydrogen-bond donors (Lipinski definition) is 1. The molecule has 1 saturated carbocycles. The number of rotatable bonds is 5. The minimum absolute atomic E-state index is 0.0584. The van der Waals surface area contributed by atoms with Crippen LogP contribution in [-0.4, -0.2) is 37.5 Å². The maximum Gasteiger partial charge on any atom is 0.310 e. The number of carbonyl (C=O) groups excluding carboxylic acids is 2. The lowest BCUT2D eigenvalue weighted by atomic mass is 9.94. The van der Waals surface area contributed by atoms with Crippen molar-refractivity contribution in [1.29, 1.82) is 0 Å². The van der Waals surface area contributed by atoms with E-state index in [1.807, 2.05) is 24.3 Å². The first-order valence-corrected chi connectivity index (χ1v) is 7.10. The number of nitrogens with zero attached hydrogens (tertiary/aromatic N) is 1. The van der Waals surface area contributed by atoms with Gasteiger partial charge in [-0.3, -0.25) is 9.59 Å². The summed E-state index contributed by atoms with van der Waals surface area (Å²) in [4.78, 5) is 25.8. The zero-order valence-corrected chi connectivity index (χ0v) is 12.8. The van der Waals surface area contributed by atoms with Gasteiger partial charge in [0.1, 0.15) is 0 Å². The summed E-state index contributed by atoms with van der Waals surface area (Å²) in [6, 6.07) is 7.47. The Kier molecular flexibility index (Phi) is 4.21. The molecule has 0 bridgehead atoms. The van der Waals surface area contributed by atoms with Crippen molar-refractivity contribution in [3.63, 3.8) is 0 Å². The number of amides is 1. The Morgan fingerprint density at radius 1 is 1.33 bits per heavy atom. The Morgan fingerprint density at radius 2 is 1.90 bits per heavy atom. The fourth-order valence-electron chi connectivity index (χ4n) is 2.69. The van der Waals surface area contributed by atoms with Crippen molar-refractivity contribution < 1.29 is 14.3 Å². The third-order valence-electron chi connectivity index (χ3n) is 4.12. The zero-order chi connectivity index (χ0) is 15.6. The van der Waals surface area contributed by atoms with E-state index < -0.39 is 5.41 Å². The van der Waals surface area contributed by atoms with Gasteiger partial charge >= 0.3 is 5.97 Å². The van der Waals surface area contributed by atoms with Gasteiger partial charge in [0.25, 0.3) is 0 Å². The molecule has 1 aromatic carbocycles. The summed E-state index contributed by atoms with van der Waals surface area (Å²) >= 11 is 0. The monoisotopic (exact) mass is 290 g/mol. The third kappa shape index (κ3) is 3.01. The van der Waals surface area contributed by atoms with E-state index in [0.717, 1.165) is 18.4 Å². The molecule has 1 aromatic rings. The highest BCUT2D eigenvalue weighted by Gasteiger charge is 2.52. The Balaban J connectivity index is 2.08. The molecule has 2 rings (SSSR count). The van der Waals surface area contributed by atoms with Gasteiger partial charge in [-0.05, 0) is 30.5 Å². The zero-order valence-electron chi connectivity index (χ0n) is 12.8. The highest BCUT2D eigenvalue weighted by atomic mass is 16.5. The number of likely N-dealkylation sites (N-methyl/N-ethyl adjacent to an activating group) is 1. The molecule has 1 aliphatic rings. The van der Waals surface area contributed by atoms with Crippen molar-refractivity contribution in [2.45, 2.75) is 25.2 Å². The molecule has 5 nitrogen and oxygen atoms in total. The largest absolute Gasteiger partial charge is 0.469 e. The maximum atomic E-state index is 12.7. The predicted molar refractivity (Wildman–Crippen MR) is 80.6 cm³/mol. The lowest BCUT2D eigenvalue weighted by Crippen LogP contribution is -2.40. The molecule has 2 N–H and O–H groups in total. The SMILES string of the molecule is COC(=O)C(C)CN(C)C(=O)C1(c2ccc(N)cc2)CC1. The number of benzene rings is 1. The number of ether oxygens (including phenoxy) is 1. The molecule has 0 aromatic heterocycles. The number of nitrogen functional groups attached to an aromatic ring is 1. The van der Waals surface area contributed by atoms with Crippen LogP contribution in [0.2, 0.25) is 0 Å². The van der Waals surface area contributed by atoms with E-state index in [1.165, 1.54) is 7.11 Å². The van der Waals surface area contributed by atoms with E-state index >= 15 is 0 Å². The van der Waals surface area contributed by atoms with Crippen molar-refractivity contribution in [3.8, 4) is 0 Å². The van der Waals surface area contributed by atoms with Gasteiger partial charge in [-0.25, -0.2) is 0 Å². The van der Waals surface area contributed by atoms with Crippen LogP contribution in [-0.2, 0) is 19.7 Å². The van der Waals surface area contributed by atoms with Gasteiger partial charge in [0.15, 0.2) is 0 Å². The summed E-state index contributed by atoms with van der Waals surface area (Å²) < 4.78 is 4.70. The number of anilines is 1. The molecule has 0 aliphatic heterocycles. The second-order valence-corrected chi connectivity index (χ2v) is 5.81. The second-order valence-electron chi connectivity index (χ2n) is 5.81. The molecule has 1 amide bonds. The average Bonchev–Trinajstić information content (AvgIpc) is 3.27. The lowest BCUT2D eigenvalue weighted by molar-refractivity contribution is -0.146. The topological polar surface area (TPSA) is 72.6 Å². The van der Waals surface area contributed by atoms with Crippen molar-refractivity contribution in [2.24, 2.45) is 5.92 Å². The van der Waals surface area contributed by atoms with Crippen LogP contribution in [0.5, 0.6) is 0 Å². The van der Waals surface area contributed by atoms with E-state index in [2.05, 4.69) is 0 Å². The molecule has 0 heterocycles. The molecule has 5 heteroatoms. The summed E-state index contributed by atoms with van der Waals surface area (Å²) in [5.41, 5.74) is 6.95. The van der Waals surface area contributed by atoms with E-state index in [9.17, 15) is 9.59 Å². The normalized spacial score (nSPS) is 16.9. The summed E-state index contributed by atoms with van der Waals surface area (Å²) in [6.07, 6.45) is 1.68. The summed E-state index contributed by atoms with van der Waals surface area (Å²) in [5, 5.41) is 0. The molecule has 1 atom stereocenters. The Morgan fingerprint density at radius 3 is 2.38 bits per heavy atom.